The first-order valence-corrected chi connectivity index (χ1v) is 11.2. The van der Waals surface area contributed by atoms with Gasteiger partial charge in [-0.2, -0.15) is 0 Å². The van der Waals surface area contributed by atoms with Crippen LogP contribution in [0.1, 0.15) is 19.3 Å². The summed E-state index contributed by atoms with van der Waals surface area (Å²) in [4.78, 5) is 33.9. The van der Waals surface area contributed by atoms with E-state index >= 15 is 0 Å². The molecule has 0 bridgehead atoms. The lowest BCUT2D eigenvalue weighted by atomic mass is 10.2. The van der Waals surface area contributed by atoms with Gasteiger partial charge in [-0.3, -0.25) is 14.9 Å². The van der Waals surface area contributed by atoms with Crippen LogP contribution < -0.4 is 26.4 Å². The van der Waals surface area contributed by atoms with Crippen molar-refractivity contribution in [3.8, 4) is 0 Å². The van der Waals surface area contributed by atoms with Crippen LogP contribution in [0.3, 0.4) is 0 Å². The van der Waals surface area contributed by atoms with Crippen molar-refractivity contribution in [2.45, 2.75) is 30.2 Å². The van der Waals surface area contributed by atoms with Gasteiger partial charge >= 0.3 is 6.03 Å². The number of urea groups is 1. The number of nitrogens with two attached hydrogens (primary N) is 1. The molecule has 3 rings (SSSR count). The first kappa shape index (κ1) is 23.0. The van der Waals surface area contributed by atoms with Crippen LogP contribution in [0.4, 0.5) is 27.5 Å². The number of sulfonamides is 1. The van der Waals surface area contributed by atoms with Crippen molar-refractivity contribution in [3.63, 3.8) is 0 Å². The molecule has 0 unspecified atom stereocenters. The Hall–Kier alpha value is -3.71. The SMILES string of the molecule is NS(=O)(=O)c1ccc(NCCC(=O)Nc2ccc(NC(=O)NC3CC3)cc2)c([N+](=O)[O-])c1. The van der Waals surface area contributed by atoms with Crippen molar-refractivity contribution in [1.29, 1.82) is 0 Å². The number of anilines is 3. The number of benzene rings is 2. The molecule has 0 saturated heterocycles. The fourth-order valence-electron chi connectivity index (χ4n) is 2.74. The Morgan fingerprint density at radius 2 is 1.69 bits per heavy atom. The second-order valence-electron chi connectivity index (χ2n) is 7.16. The molecule has 2 aromatic carbocycles. The fraction of sp³-hybridized carbons (Fsp3) is 0.263. The zero-order chi connectivity index (χ0) is 23.3. The highest BCUT2D eigenvalue weighted by atomic mass is 32.2. The zero-order valence-corrected chi connectivity index (χ0v) is 17.6. The van der Waals surface area contributed by atoms with E-state index in [4.69, 9.17) is 5.14 Å². The predicted molar refractivity (Wildman–Crippen MR) is 118 cm³/mol. The highest BCUT2D eigenvalue weighted by molar-refractivity contribution is 7.89. The van der Waals surface area contributed by atoms with Crippen LogP contribution in [-0.4, -0.2) is 37.9 Å². The van der Waals surface area contributed by atoms with E-state index in [1.54, 1.807) is 24.3 Å². The quantitative estimate of drug-likeness (QED) is 0.278. The monoisotopic (exact) mass is 462 g/mol. The number of carbonyl (C=O) groups excluding carboxylic acids is 2. The lowest BCUT2D eigenvalue weighted by Crippen LogP contribution is -2.30. The maximum atomic E-state index is 12.1. The van der Waals surface area contributed by atoms with E-state index in [2.05, 4.69) is 21.3 Å². The highest BCUT2D eigenvalue weighted by Gasteiger charge is 2.23. The topological polar surface area (TPSA) is 186 Å². The molecule has 6 N–H and O–H groups in total. The smallest absolute Gasteiger partial charge is 0.319 e. The van der Waals surface area contributed by atoms with E-state index in [0.29, 0.717) is 11.4 Å². The summed E-state index contributed by atoms with van der Waals surface area (Å²) in [6.07, 6.45) is 1.97. The molecular weight excluding hydrogens is 440 g/mol. The molecule has 0 aliphatic heterocycles. The Bertz CT molecular complexity index is 1130. The average Bonchev–Trinajstić information content (AvgIpc) is 3.52. The van der Waals surface area contributed by atoms with Gasteiger partial charge in [0.05, 0.1) is 9.82 Å². The molecule has 13 heteroatoms. The second kappa shape index (κ2) is 9.62. The van der Waals surface area contributed by atoms with Crippen molar-refractivity contribution in [2.24, 2.45) is 5.14 Å². The van der Waals surface area contributed by atoms with Gasteiger partial charge in [0.15, 0.2) is 0 Å². The van der Waals surface area contributed by atoms with Crippen LogP contribution in [0.2, 0.25) is 0 Å². The Morgan fingerprint density at radius 3 is 2.25 bits per heavy atom. The Balaban J connectivity index is 1.49. The van der Waals surface area contributed by atoms with Crippen LogP contribution in [-0.2, 0) is 14.8 Å². The number of primary sulfonamides is 1. The molecule has 1 aliphatic rings. The van der Waals surface area contributed by atoms with Crippen LogP contribution in [0.15, 0.2) is 47.4 Å². The molecule has 170 valence electrons. The number of nitro groups is 1. The van der Waals surface area contributed by atoms with E-state index in [1.165, 1.54) is 6.07 Å². The van der Waals surface area contributed by atoms with Gasteiger partial charge in [0.25, 0.3) is 5.69 Å². The Kier molecular flexibility index (Phi) is 6.90. The third-order valence-corrected chi connectivity index (χ3v) is 5.41. The molecule has 1 fully saturated rings. The predicted octanol–water partition coefficient (Wildman–Crippen LogP) is 1.97. The summed E-state index contributed by atoms with van der Waals surface area (Å²) in [7, 11) is -4.08. The Morgan fingerprint density at radius 1 is 1.06 bits per heavy atom. The number of nitrogens with one attached hydrogen (secondary N) is 4. The minimum atomic E-state index is -4.08. The minimum Gasteiger partial charge on any atom is -0.379 e. The minimum absolute atomic E-state index is 0.00209. The normalized spacial score (nSPS) is 13.2. The summed E-state index contributed by atoms with van der Waals surface area (Å²) in [6.45, 7) is 0.0718. The number of nitrogens with zero attached hydrogens (tertiary/aromatic N) is 1. The fourth-order valence-corrected chi connectivity index (χ4v) is 3.27. The molecule has 1 aliphatic carbocycles. The summed E-state index contributed by atoms with van der Waals surface area (Å²) < 4.78 is 22.7. The van der Waals surface area contributed by atoms with Crippen molar-refractivity contribution in [3.05, 3.63) is 52.6 Å². The van der Waals surface area contributed by atoms with Gasteiger partial charge < -0.3 is 21.3 Å². The molecule has 0 aromatic heterocycles. The lowest BCUT2D eigenvalue weighted by Gasteiger charge is -2.10. The molecule has 1 saturated carbocycles. The molecule has 32 heavy (non-hydrogen) atoms. The molecule has 3 amide bonds. The number of rotatable bonds is 9. The van der Waals surface area contributed by atoms with Gasteiger partial charge in [0.2, 0.25) is 15.9 Å². The number of amides is 3. The zero-order valence-electron chi connectivity index (χ0n) is 16.8. The maximum Gasteiger partial charge on any atom is 0.319 e. The summed E-state index contributed by atoms with van der Waals surface area (Å²) in [5.41, 5.74) is 0.700. The van der Waals surface area contributed by atoms with Crippen molar-refractivity contribution in [1.82, 2.24) is 5.32 Å². The highest BCUT2D eigenvalue weighted by Crippen LogP contribution is 2.27. The van der Waals surface area contributed by atoms with Gasteiger partial charge in [0, 0.05) is 36.4 Å². The third kappa shape index (κ3) is 6.65. The largest absolute Gasteiger partial charge is 0.379 e. The maximum absolute atomic E-state index is 12.1. The van der Waals surface area contributed by atoms with Crippen molar-refractivity contribution < 1.29 is 22.9 Å². The van der Waals surface area contributed by atoms with Crippen molar-refractivity contribution in [2.75, 3.05) is 22.5 Å². The summed E-state index contributed by atoms with van der Waals surface area (Å²) in [5, 5.41) is 27.1. The first-order valence-electron chi connectivity index (χ1n) is 9.64. The third-order valence-electron chi connectivity index (χ3n) is 4.50. The van der Waals surface area contributed by atoms with Gasteiger partial charge in [-0.25, -0.2) is 18.4 Å². The second-order valence-corrected chi connectivity index (χ2v) is 8.72. The number of nitro benzene ring substituents is 1. The van der Waals surface area contributed by atoms with Gasteiger partial charge in [-0.1, -0.05) is 0 Å². The molecule has 0 heterocycles. The van der Waals surface area contributed by atoms with E-state index in [-0.39, 0.29) is 41.5 Å². The molecule has 2 aromatic rings. The molecule has 0 atom stereocenters. The number of hydrogen-bond acceptors (Lipinski definition) is 7. The lowest BCUT2D eigenvalue weighted by molar-refractivity contribution is -0.384. The van der Waals surface area contributed by atoms with E-state index in [1.807, 2.05) is 0 Å². The van der Waals surface area contributed by atoms with E-state index in [0.717, 1.165) is 25.0 Å². The van der Waals surface area contributed by atoms with E-state index < -0.39 is 20.6 Å². The average molecular weight is 462 g/mol. The number of hydrogen-bond donors (Lipinski definition) is 5. The molecule has 0 spiro atoms. The summed E-state index contributed by atoms with van der Waals surface area (Å²) in [6, 6.07) is 9.76. The van der Waals surface area contributed by atoms with Gasteiger partial charge in [-0.15, -0.1) is 0 Å². The summed E-state index contributed by atoms with van der Waals surface area (Å²) >= 11 is 0. The molecule has 12 nitrogen and oxygen atoms in total. The van der Waals surface area contributed by atoms with Crippen LogP contribution in [0, 0.1) is 10.1 Å². The van der Waals surface area contributed by atoms with Crippen LogP contribution in [0.25, 0.3) is 0 Å². The van der Waals surface area contributed by atoms with Gasteiger partial charge in [-0.05, 0) is 49.2 Å². The molecule has 0 radical (unpaired) electrons. The van der Waals surface area contributed by atoms with E-state index in [9.17, 15) is 28.1 Å². The van der Waals surface area contributed by atoms with Crippen LogP contribution in [0.5, 0.6) is 0 Å². The number of carbonyl (C=O) groups is 2. The van der Waals surface area contributed by atoms with Crippen LogP contribution >= 0.6 is 0 Å². The van der Waals surface area contributed by atoms with Gasteiger partial charge in [0.1, 0.15) is 5.69 Å². The Labute approximate surface area is 183 Å². The molecular formula is C19H22N6O6S. The van der Waals surface area contributed by atoms with Crippen molar-refractivity contribution >= 4 is 44.7 Å². The standard InChI is InChI=1S/C19H22N6O6S/c20-32(30,31)15-7-8-16(17(11-15)25(28)29)21-10-9-18(26)22-12-1-3-13(4-2-12)23-19(27)24-14-5-6-14/h1-4,7-8,11,14,21H,5-6,9-10H2,(H,22,26)(H2,20,30,31)(H2,23,24,27). The summed E-state index contributed by atoms with van der Waals surface area (Å²) in [5.74, 6) is -0.339. The first-order chi connectivity index (χ1) is 15.1.